The molecule has 9 nitrogen and oxygen atoms in total. The lowest BCUT2D eigenvalue weighted by atomic mass is 9.42. The molecule has 580 valence electrons. The third kappa shape index (κ3) is 12.7. The molecule has 9 heteroatoms. The average molecular weight is 1420 g/mol. The third-order valence-electron chi connectivity index (χ3n) is 39.5. The second-order valence-corrected chi connectivity index (χ2v) is 43.3. The van der Waals surface area contributed by atoms with E-state index in [0.717, 1.165) is 160 Å². The van der Waals surface area contributed by atoms with Gasteiger partial charge in [-0.25, -0.2) is 0 Å². The van der Waals surface area contributed by atoms with Crippen molar-refractivity contribution in [2.24, 2.45) is 162 Å². The van der Waals surface area contributed by atoms with Gasteiger partial charge in [0.05, 0.1) is 28.5 Å². The summed E-state index contributed by atoms with van der Waals surface area (Å²) in [6.07, 6.45) is 47.0. The second kappa shape index (κ2) is 28.0. The van der Waals surface area contributed by atoms with Crippen LogP contribution in [-0.2, 0) is 23.9 Å². The molecule has 16 saturated carbocycles. The van der Waals surface area contributed by atoms with Crippen LogP contribution in [0.3, 0.4) is 0 Å². The summed E-state index contributed by atoms with van der Waals surface area (Å²) in [5.74, 6) is 15.2. The fraction of sp³-hybridized carbons (Fsp3) is 0.957. The van der Waals surface area contributed by atoms with E-state index in [1.54, 1.807) is 0 Å². The van der Waals surface area contributed by atoms with Gasteiger partial charge in [0.25, 0.3) is 0 Å². The Morgan fingerprint density at radius 3 is 0.824 bits per heavy atom. The SMILES string of the molecule is CC[C@]12CC[C@@](C)(O)C[C@H]1CC[C@H]1[C@@H]3CC[C@H](C(C)=O)[C@@]3(C)CC[C@@H]12.CC[C@]12CC[C@@](C)(O)C[C@H]1CC[C@H]1[C@@H]3CC[C@H](C(C)=O)[C@@]3(C)CC[C@@H]12.CC[C@]12CC[C@@](C)(O)C[C@H]1CC[C@H]1[C@@H]3CC[C@H](C(C)=O)[C@@]3(C)CC[C@@H]12.COC(C)[C@]12CC[C@@](C)(O)C[C@H]1CC[C@H]1[C@@H]3CC[C@H](C(C)=O)[C@@]3(C)CC[C@@H]12. The molecule has 4 N–H and O–H groups in total. The van der Waals surface area contributed by atoms with Crippen molar-refractivity contribution >= 4 is 23.1 Å². The molecule has 16 fully saturated rings. The predicted octanol–water partition coefficient (Wildman–Crippen LogP) is 21.1. The lowest BCUT2D eigenvalue weighted by Gasteiger charge is -2.64. The zero-order valence-corrected chi connectivity index (χ0v) is 68.5. The van der Waals surface area contributed by atoms with E-state index in [1.165, 1.54) is 167 Å². The van der Waals surface area contributed by atoms with E-state index in [1.807, 2.05) is 41.7 Å². The van der Waals surface area contributed by atoms with Gasteiger partial charge in [-0.1, -0.05) is 48.5 Å². The van der Waals surface area contributed by atoms with E-state index in [4.69, 9.17) is 4.74 Å². The van der Waals surface area contributed by atoms with Crippen LogP contribution in [0.25, 0.3) is 0 Å². The van der Waals surface area contributed by atoms with Crippen LogP contribution < -0.4 is 0 Å². The second-order valence-electron chi connectivity index (χ2n) is 43.3. The van der Waals surface area contributed by atoms with Crippen molar-refractivity contribution in [2.75, 3.05) is 7.11 Å². The van der Waals surface area contributed by atoms with E-state index in [9.17, 15) is 39.6 Å². The number of methoxy groups -OCH3 is 1. The quantitative estimate of drug-likeness (QED) is 0.176. The molecule has 16 rings (SSSR count). The number of carbonyl (C=O) groups excluding carboxylic acids is 4. The molecule has 0 aromatic rings. The Bertz CT molecular complexity index is 2820. The van der Waals surface area contributed by atoms with Gasteiger partial charge < -0.3 is 25.2 Å². The Hall–Kier alpha value is -1.52. The molecule has 0 saturated heterocycles. The molecular formula is C93H154O9. The Kier molecular flexibility index (Phi) is 21.6. The summed E-state index contributed by atoms with van der Waals surface area (Å²) in [6, 6.07) is 0. The zero-order valence-electron chi connectivity index (χ0n) is 68.5. The topological polar surface area (TPSA) is 158 Å². The smallest absolute Gasteiger partial charge is 0.133 e. The van der Waals surface area contributed by atoms with Crippen molar-refractivity contribution in [3.8, 4) is 0 Å². The van der Waals surface area contributed by atoms with Crippen molar-refractivity contribution in [3.63, 3.8) is 0 Å². The van der Waals surface area contributed by atoms with E-state index in [0.29, 0.717) is 74.9 Å². The fourth-order valence-corrected chi connectivity index (χ4v) is 34.7. The van der Waals surface area contributed by atoms with E-state index < -0.39 is 22.4 Å². The maximum atomic E-state index is 12.3. The Morgan fingerprint density at radius 2 is 0.559 bits per heavy atom. The zero-order chi connectivity index (χ0) is 73.7. The highest BCUT2D eigenvalue weighted by Crippen LogP contribution is 2.75. The summed E-state index contributed by atoms with van der Waals surface area (Å²) in [7, 11) is 1.88. The van der Waals surface area contributed by atoms with Gasteiger partial charge in [0.2, 0.25) is 0 Å². The summed E-state index contributed by atoms with van der Waals surface area (Å²) in [5.41, 5.74) is 0.851. The number of hydrogen-bond acceptors (Lipinski definition) is 9. The first-order chi connectivity index (χ1) is 47.9. The molecule has 0 spiro atoms. The number of rotatable bonds is 9. The third-order valence-corrected chi connectivity index (χ3v) is 39.5. The van der Waals surface area contributed by atoms with Gasteiger partial charge in [-0.05, 0) is 445 Å². The first-order valence-electron chi connectivity index (χ1n) is 44.3. The fourth-order valence-electron chi connectivity index (χ4n) is 34.7. The molecule has 16 aliphatic carbocycles. The number of fused-ring (bicyclic) bond motifs is 20. The Labute approximate surface area is 622 Å². The Balaban J connectivity index is 0.000000121. The molecule has 0 heterocycles. The van der Waals surface area contributed by atoms with Crippen LogP contribution >= 0.6 is 0 Å². The number of Topliss-reactive ketones (excluding diaryl/α,β-unsaturated/α-hetero) is 4. The summed E-state index contributed by atoms with van der Waals surface area (Å²) in [4.78, 5) is 49.1. The largest absolute Gasteiger partial charge is 0.390 e. The van der Waals surface area contributed by atoms with Gasteiger partial charge in [0, 0.05) is 36.2 Å². The first-order valence-corrected chi connectivity index (χ1v) is 44.3. The monoisotopic (exact) mass is 1420 g/mol. The molecule has 0 bridgehead atoms. The van der Waals surface area contributed by atoms with Gasteiger partial charge in [-0.15, -0.1) is 0 Å². The number of carbonyl (C=O) groups is 4. The van der Waals surface area contributed by atoms with Crippen molar-refractivity contribution in [1.29, 1.82) is 0 Å². The highest BCUT2D eigenvalue weighted by molar-refractivity contribution is 5.81. The maximum Gasteiger partial charge on any atom is 0.133 e. The van der Waals surface area contributed by atoms with Crippen LogP contribution in [0.1, 0.15) is 361 Å². The van der Waals surface area contributed by atoms with Crippen LogP contribution in [-0.4, -0.2) is 79.2 Å². The summed E-state index contributed by atoms with van der Waals surface area (Å²) in [5, 5.41) is 42.8. The number of aliphatic hydroxyl groups is 4. The molecule has 33 atom stereocenters. The molecule has 0 radical (unpaired) electrons. The number of ketones is 4. The lowest BCUT2D eigenvalue weighted by molar-refractivity contribution is -0.198. The number of hydrogen-bond donors (Lipinski definition) is 4. The number of ether oxygens (including phenoxy) is 1. The molecule has 16 aliphatic rings. The minimum absolute atomic E-state index is 0.218. The van der Waals surface area contributed by atoms with Crippen molar-refractivity contribution in [1.82, 2.24) is 0 Å². The van der Waals surface area contributed by atoms with Crippen molar-refractivity contribution in [3.05, 3.63) is 0 Å². The molecule has 0 aliphatic heterocycles. The van der Waals surface area contributed by atoms with Gasteiger partial charge in [-0.2, -0.15) is 0 Å². The molecule has 0 aromatic carbocycles. The molecule has 0 aromatic heterocycles. The summed E-state index contributed by atoms with van der Waals surface area (Å²) < 4.78 is 6.03. The van der Waals surface area contributed by atoms with Crippen LogP contribution in [0, 0.1) is 162 Å². The van der Waals surface area contributed by atoms with Crippen molar-refractivity contribution in [2.45, 2.75) is 390 Å². The van der Waals surface area contributed by atoms with E-state index >= 15 is 0 Å². The molecular weight excluding hydrogens is 1260 g/mol. The van der Waals surface area contributed by atoms with E-state index in [-0.39, 0.29) is 39.1 Å². The van der Waals surface area contributed by atoms with Gasteiger partial charge >= 0.3 is 0 Å². The van der Waals surface area contributed by atoms with Gasteiger partial charge in [-0.3, -0.25) is 19.2 Å². The highest BCUT2D eigenvalue weighted by Gasteiger charge is 2.68. The highest BCUT2D eigenvalue weighted by atomic mass is 16.5. The molecule has 1 unspecified atom stereocenters. The van der Waals surface area contributed by atoms with Crippen LogP contribution in [0.15, 0.2) is 0 Å². The van der Waals surface area contributed by atoms with E-state index in [2.05, 4.69) is 76.2 Å². The Morgan fingerprint density at radius 1 is 0.314 bits per heavy atom. The summed E-state index contributed by atoms with van der Waals surface area (Å²) in [6.45, 7) is 34.8. The van der Waals surface area contributed by atoms with Crippen LogP contribution in [0.4, 0.5) is 0 Å². The van der Waals surface area contributed by atoms with Crippen LogP contribution in [0.5, 0.6) is 0 Å². The first kappa shape index (κ1) is 78.6. The van der Waals surface area contributed by atoms with Crippen molar-refractivity contribution < 1.29 is 44.3 Å². The molecule has 102 heavy (non-hydrogen) atoms. The van der Waals surface area contributed by atoms with Gasteiger partial charge in [0.15, 0.2) is 0 Å². The maximum absolute atomic E-state index is 12.3. The predicted molar refractivity (Wildman–Crippen MR) is 411 cm³/mol. The minimum atomic E-state index is -0.509. The van der Waals surface area contributed by atoms with Crippen LogP contribution in [0.2, 0.25) is 0 Å². The van der Waals surface area contributed by atoms with Gasteiger partial charge in [0.1, 0.15) is 23.1 Å². The minimum Gasteiger partial charge on any atom is -0.390 e. The molecule has 0 amide bonds. The summed E-state index contributed by atoms with van der Waals surface area (Å²) >= 11 is 0. The lowest BCUT2D eigenvalue weighted by Crippen LogP contribution is -2.60. The standard InChI is InChI=1S/C24H40O3.3C23H38O2/c1-15(25)19-8-9-20-18-7-6-17-14-22(3,26)12-13-24(17,16(2)27-5)21(18)10-11-23(19,20)4;3*1-5-23-13-12-21(3,25)14-16(23)6-7-17-19-9-8-18(15(2)24)22(19,4)11-10-20(17)23/h16-21,26H,6-14H2,1-5H3;3*16-20,25H,5-14H2,1-4H3/t16?,17-,18+,19-,20+,21+,22-,23-,24-;3*16-,17+,18-,19+,20+,21-,22-,23+/m1111/s1. The average Bonchev–Trinajstić information content (AvgIpc) is 1.31. The normalized spacial score (nSPS) is 54.6.